The molecule has 0 aliphatic rings. The Balaban J connectivity index is 1.39. The van der Waals surface area contributed by atoms with E-state index in [2.05, 4.69) is 0 Å². The summed E-state index contributed by atoms with van der Waals surface area (Å²) in [5.74, 6) is 0. The van der Waals surface area contributed by atoms with E-state index in [1.165, 1.54) is 36.4 Å². The normalized spacial score (nSPS) is 13.4. The Morgan fingerprint density at radius 3 is 0.860 bits per heavy atom. The van der Waals surface area contributed by atoms with Gasteiger partial charge in [0.1, 0.15) is 0 Å². The average molecular weight is 706 g/mol. The third kappa shape index (κ3) is 5.42. The first-order valence-corrected chi connectivity index (χ1v) is 14.3. The second kappa shape index (κ2) is 10.6. The van der Waals surface area contributed by atoms with Gasteiger partial charge in [-0.25, -0.2) is 0 Å². The molecule has 7 rings (SSSR count). The lowest BCUT2D eigenvalue weighted by atomic mass is 9.97. The molecule has 0 N–H and O–H groups in total. The van der Waals surface area contributed by atoms with Gasteiger partial charge in [0, 0.05) is 21.5 Å². The van der Waals surface area contributed by atoms with Crippen molar-refractivity contribution in [1.29, 1.82) is 0 Å². The minimum atomic E-state index is -5.10. The minimum absolute atomic E-state index is 0.00463. The molecule has 0 unspecified atom stereocenters. The highest BCUT2D eigenvalue weighted by Crippen LogP contribution is 2.42. The topological polar surface area (TPSA) is 34.1 Å². The maximum atomic E-state index is 13.5. The lowest BCUT2D eigenvalue weighted by Crippen LogP contribution is -2.11. The maximum absolute atomic E-state index is 13.5. The zero-order valence-corrected chi connectivity index (χ0v) is 24.4. The molecule has 0 aliphatic heterocycles. The summed E-state index contributed by atoms with van der Waals surface area (Å²) < 4.78 is 162. The molecule has 7 aromatic rings. The second-order valence-electron chi connectivity index (χ2n) is 11.7. The summed E-state index contributed by atoms with van der Waals surface area (Å²) in [5, 5.41) is 1.08. The van der Waals surface area contributed by atoms with E-state index >= 15 is 0 Å². The molecule has 0 saturated heterocycles. The van der Waals surface area contributed by atoms with Crippen LogP contribution in [0.1, 0.15) is 22.3 Å². The lowest BCUT2D eigenvalue weighted by molar-refractivity contribution is -0.144. The maximum Gasteiger partial charge on any atom is 0.416 e. The van der Waals surface area contributed by atoms with Gasteiger partial charge in [-0.05, 0) is 104 Å². The van der Waals surface area contributed by atoms with Crippen LogP contribution in [0.2, 0.25) is 0 Å². The van der Waals surface area contributed by atoms with Crippen LogP contribution in [-0.4, -0.2) is 0 Å². The van der Waals surface area contributed by atoms with Crippen molar-refractivity contribution in [2.75, 3.05) is 0 Å². The van der Waals surface area contributed by atoms with Crippen LogP contribution < -0.4 is 10.9 Å². The summed E-state index contributed by atoms with van der Waals surface area (Å²) in [7, 11) is 0. The van der Waals surface area contributed by atoms with E-state index in [1.807, 2.05) is 0 Å². The van der Waals surface area contributed by atoms with Gasteiger partial charge < -0.3 is 0 Å². The molecular weight excluding hydrogens is 692 g/mol. The standard InChI is InChI=1S/C36H14F12O2/c37-33(38,39)19-5-17(6-20(11-19)34(40,41)42)15-1-3-23-25-13-26-24-4-2-16(18-7-21(35(43,44)45)12-22(8-18)36(46,47)48)10-28(24)32(50)30(26)14-29(25)31(49)27(23)9-15/h1-14H. The molecular formula is C36H14F12O2. The third-order valence-electron chi connectivity index (χ3n) is 8.60. The van der Waals surface area contributed by atoms with Crippen LogP contribution in [0.5, 0.6) is 0 Å². The van der Waals surface area contributed by atoms with Crippen LogP contribution >= 0.6 is 0 Å². The molecule has 0 radical (unpaired) electrons. The molecule has 0 fully saturated rings. The summed E-state index contributed by atoms with van der Waals surface area (Å²) in [4.78, 5) is 27.0. The highest BCUT2D eigenvalue weighted by Gasteiger charge is 2.38. The summed E-state index contributed by atoms with van der Waals surface area (Å²) in [6, 6.07) is 12.3. The van der Waals surface area contributed by atoms with Crippen molar-refractivity contribution in [3.63, 3.8) is 0 Å². The van der Waals surface area contributed by atoms with Crippen LogP contribution in [0.15, 0.2) is 94.5 Å². The number of alkyl halides is 12. The monoisotopic (exact) mass is 706 g/mol. The Morgan fingerprint density at radius 2 is 0.560 bits per heavy atom. The van der Waals surface area contributed by atoms with Crippen molar-refractivity contribution >= 4 is 43.1 Å². The molecule has 50 heavy (non-hydrogen) atoms. The van der Waals surface area contributed by atoms with Crippen LogP contribution in [0, 0.1) is 0 Å². The quantitative estimate of drug-likeness (QED) is 0.168. The molecule has 0 bridgehead atoms. The molecule has 14 heteroatoms. The van der Waals surface area contributed by atoms with E-state index in [9.17, 15) is 62.3 Å². The first kappa shape index (κ1) is 33.1. The number of hydrogen-bond donors (Lipinski definition) is 0. The lowest BCUT2D eigenvalue weighted by Gasteiger charge is -2.14. The van der Waals surface area contributed by atoms with Gasteiger partial charge in [0.2, 0.25) is 0 Å². The van der Waals surface area contributed by atoms with E-state index in [0.29, 0.717) is 35.0 Å². The zero-order valence-electron chi connectivity index (χ0n) is 24.4. The Bertz CT molecular complexity index is 2390. The van der Waals surface area contributed by atoms with Crippen molar-refractivity contribution in [2.45, 2.75) is 24.7 Å². The molecule has 0 amide bonds. The molecule has 0 aliphatic carbocycles. The number of benzene rings is 5. The molecule has 2 nitrogen and oxygen atoms in total. The third-order valence-corrected chi connectivity index (χ3v) is 8.60. The van der Waals surface area contributed by atoms with Gasteiger partial charge in [-0.2, -0.15) is 52.7 Å². The van der Waals surface area contributed by atoms with Gasteiger partial charge in [0.15, 0.2) is 10.9 Å². The van der Waals surface area contributed by atoms with Gasteiger partial charge >= 0.3 is 24.7 Å². The van der Waals surface area contributed by atoms with E-state index in [4.69, 9.17) is 0 Å². The molecule has 0 atom stereocenters. The first-order valence-electron chi connectivity index (χ1n) is 14.3. The molecule has 0 spiro atoms. The van der Waals surface area contributed by atoms with Gasteiger partial charge in [-0.1, -0.05) is 24.3 Å². The molecule has 254 valence electrons. The Hall–Kier alpha value is -5.40. The van der Waals surface area contributed by atoms with Crippen LogP contribution in [0.25, 0.3) is 65.3 Å². The summed E-state index contributed by atoms with van der Waals surface area (Å²) in [6.45, 7) is 0. The fraction of sp³-hybridized carbons (Fsp3) is 0.111. The molecule has 7 aromatic carbocycles. The van der Waals surface area contributed by atoms with E-state index in [0.717, 1.165) is 12.1 Å². The zero-order chi connectivity index (χ0) is 36.3. The Morgan fingerprint density at radius 1 is 0.280 bits per heavy atom. The fourth-order valence-corrected chi connectivity index (χ4v) is 6.25. The van der Waals surface area contributed by atoms with E-state index < -0.39 is 68.9 Å². The van der Waals surface area contributed by atoms with E-state index in [-0.39, 0.29) is 55.6 Å². The number of rotatable bonds is 2. The fourth-order valence-electron chi connectivity index (χ4n) is 6.25. The summed E-state index contributed by atoms with van der Waals surface area (Å²) in [6.07, 6.45) is -20.4. The molecule has 0 heterocycles. The van der Waals surface area contributed by atoms with Gasteiger partial charge in [-0.15, -0.1) is 0 Å². The molecule has 0 saturated carbocycles. The van der Waals surface area contributed by atoms with Crippen molar-refractivity contribution in [3.05, 3.63) is 128 Å². The number of fused-ring (bicyclic) bond motifs is 6. The van der Waals surface area contributed by atoms with Crippen molar-refractivity contribution in [3.8, 4) is 22.3 Å². The van der Waals surface area contributed by atoms with E-state index in [1.54, 1.807) is 0 Å². The largest absolute Gasteiger partial charge is 0.416 e. The smallest absolute Gasteiger partial charge is 0.289 e. The van der Waals surface area contributed by atoms with Crippen molar-refractivity contribution < 1.29 is 52.7 Å². The minimum Gasteiger partial charge on any atom is -0.289 e. The van der Waals surface area contributed by atoms with Gasteiger partial charge in [0.25, 0.3) is 0 Å². The SMILES string of the molecule is O=c1c2cc(-c3cc(C(F)(F)F)cc(C(F)(F)F)c3)ccc2c2cc3c(cc12)c(=O)c1cc(-c2cc(C(F)(F)F)cc(C(F)(F)F)c2)ccc13. The van der Waals surface area contributed by atoms with Crippen LogP contribution in [0.4, 0.5) is 52.7 Å². The first-order chi connectivity index (χ1) is 23.1. The number of hydrogen-bond acceptors (Lipinski definition) is 2. The van der Waals surface area contributed by atoms with Gasteiger partial charge in [-0.3, -0.25) is 9.59 Å². The van der Waals surface area contributed by atoms with Gasteiger partial charge in [0.05, 0.1) is 22.3 Å². The second-order valence-corrected chi connectivity index (χ2v) is 11.7. The van der Waals surface area contributed by atoms with Crippen molar-refractivity contribution in [2.24, 2.45) is 0 Å². The molecule has 0 aromatic heterocycles. The van der Waals surface area contributed by atoms with Crippen LogP contribution in [-0.2, 0) is 24.7 Å². The Labute approximate surface area is 270 Å². The predicted octanol–water partition coefficient (Wildman–Crippen LogP) is 11.3. The average Bonchev–Trinajstić information content (AvgIpc) is 3.47. The highest BCUT2D eigenvalue weighted by molar-refractivity contribution is 6.22. The van der Waals surface area contributed by atoms with Crippen molar-refractivity contribution in [1.82, 2.24) is 0 Å². The highest BCUT2D eigenvalue weighted by atomic mass is 19.4. The predicted molar refractivity (Wildman–Crippen MR) is 162 cm³/mol. The summed E-state index contributed by atoms with van der Waals surface area (Å²) in [5.41, 5.74) is -8.59. The number of halogens is 12. The summed E-state index contributed by atoms with van der Waals surface area (Å²) >= 11 is 0. The Kier molecular flexibility index (Phi) is 6.99. The van der Waals surface area contributed by atoms with Crippen LogP contribution in [0.3, 0.4) is 0 Å².